The molecule has 1 aromatic heterocycles. The van der Waals surface area contributed by atoms with Gasteiger partial charge in [0.05, 0.1) is 27.0 Å². The van der Waals surface area contributed by atoms with Crippen LogP contribution in [-0.2, 0) is 0 Å². The summed E-state index contributed by atoms with van der Waals surface area (Å²) in [6, 6.07) is 7.87. The predicted octanol–water partition coefficient (Wildman–Crippen LogP) is 3.24. The number of hydrogen-bond acceptors (Lipinski definition) is 8. The first kappa shape index (κ1) is 23.7. The van der Waals surface area contributed by atoms with Crippen LogP contribution < -0.4 is 29.3 Å². The molecule has 0 bridgehead atoms. The summed E-state index contributed by atoms with van der Waals surface area (Å²) in [6.07, 6.45) is 3.68. The number of amides is 2. The molecule has 4 rings (SSSR count). The largest absolute Gasteiger partial charge is 0.493 e. The van der Waals surface area contributed by atoms with Crippen LogP contribution in [0, 0.1) is 0 Å². The lowest BCUT2D eigenvalue weighted by Crippen LogP contribution is -2.50. The van der Waals surface area contributed by atoms with Crippen LogP contribution in [0.2, 0.25) is 0 Å². The first-order chi connectivity index (χ1) is 16.5. The molecule has 0 aliphatic carbocycles. The molecule has 2 aliphatic rings. The molecule has 34 heavy (non-hydrogen) atoms. The Labute approximate surface area is 200 Å². The standard InChI is InChI=1S/C24H34N6O4/c1-17-7-5-6-10-30(17)22-9-8-21(26-27-22)28-11-13-29(14-12-28)24(31)25-18-15-19(32-2)23(34-4)20(16-18)33-3/h8-9,15-17H,5-7,10-14H2,1-4H3,(H,25,31). The van der Waals surface area contributed by atoms with Crippen LogP contribution in [0.15, 0.2) is 24.3 Å². The van der Waals surface area contributed by atoms with E-state index < -0.39 is 0 Å². The fraction of sp³-hybridized carbons (Fsp3) is 0.542. The molecule has 184 valence electrons. The second-order valence-electron chi connectivity index (χ2n) is 8.61. The number of urea groups is 1. The maximum Gasteiger partial charge on any atom is 0.321 e. The van der Waals surface area contributed by atoms with Crippen LogP contribution in [0.3, 0.4) is 0 Å². The number of hydrogen-bond donors (Lipinski definition) is 1. The van der Waals surface area contributed by atoms with Crippen molar-refractivity contribution in [1.82, 2.24) is 15.1 Å². The Morgan fingerprint density at radius 2 is 1.56 bits per heavy atom. The second kappa shape index (κ2) is 10.7. The molecular weight excluding hydrogens is 436 g/mol. The Kier molecular flexibility index (Phi) is 7.44. The fourth-order valence-corrected chi connectivity index (χ4v) is 4.57. The zero-order valence-corrected chi connectivity index (χ0v) is 20.4. The van der Waals surface area contributed by atoms with E-state index in [2.05, 4.69) is 38.3 Å². The van der Waals surface area contributed by atoms with Gasteiger partial charge in [-0.05, 0) is 38.3 Å². The molecule has 0 saturated carbocycles. The van der Waals surface area contributed by atoms with Gasteiger partial charge in [-0.3, -0.25) is 0 Å². The van der Waals surface area contributed by atoms with Crippen LogP contribution in [0.4, 0.5) is 22.1 Å². The number of piperidine rings is 1. The van der Waals surface area contributed by atoms with Gasteiger partial charge in [0.25, 0.3) is 0 Å². The number of rotatable bonds is 6. The molecule has 1 atom stereocenters. The van der Waals surface area contributed by atoms with Crippen molar-refractivity contribution in [2.75, 3.05) is 69.2 Å². The zero-order valence-electron chi connectivity index (χ0n) is 20.4. The van der Waals surface area contributed by atoms with Gasteiger partial charge in [0.2, 0.25) is 5.75 Å². The van der Waals surface area contributed by atoms with E-state index in [-0.39, 0.29) is 6.03 Å². The predicted molar refractivity (Wildman–Crippen MR) is 132 cm³/mol. The Bertz CT molecular complexity index is 953. The van der Waals surface area contributed by atoms with Crippen molar-refractivity contribution in [2.45, 2.75) is 32.2 Å². The lowest BCUT2D eigenvalue weighted by Gasteiger charge is -2.36. The summed E-state index contributed by atoms with van der Waals surface area (Å²) in [5.74, 6) is 3.25. The maximum atomic E-state index is 12.9. The summed E-state index contributed by atoms with van der Waals surface area (Å²) < 4.78 is 16.1. The third kappa shape index (κ3) is 5.05. The molecule has 1 unspecified atom stereocenters. The summed E-state index contributed by atoms with van der Waals surface area (Å²) in [7, 11) is 4.64. The van der Waals surface area contributed by atoms with E-state index in [1.807, 2.05) is 6.07 Å². The summed E-state index contributed by atoms with van der Waals surface area (Å²) >= 11 is 0. The minimum absolute atomic E-state index is 0.172. The van der Waals surface area contributed by atoms with Crippen LogP contribution in [0.25, 0.3) is 0 Å². The van der Waals surface area contributed by atoms with Gasteiger partial charge in [-0.2, -0.15) is 0 Å². The van der Waals surface area contributed by atoms with Crippen molar-refractivity contribution in [1.29, 1.82) is 0 Å². The smallest absolute Gasteiger partial charge is 0.321 e. The SMILES string of the molecule is COc1cc(NC(=O)N2CCN(c3ccc(N4CCCCC4C)nn3)CC2)cc(OC)c1OC. The van der Waals surface area contributed by atoms with E-state index in [0.717, 1.165) is 18.2 Å². The fourth-order valence-electron chi connectivity index (χ4n) is 4.57. The Hall–Kier alpha value is -3.43. The molecule has 1 aromatic carbocycles. The van der Waals surface area contributed by atoms with Crippen molar-refractivity contribution in [3.63, 3.8) is 0 Å². The summed E-state index contributed by atoms with van der Waals surface area (Å²) in [5.41, 5.74) is 0.579. The lowest BCUT2D eigenvalue weighted by atomic mass is 10.0. The molecule has 2 aliphatic heterocycles. The lowest BCUT2D eigenvalue weighted by molar-refractivity contribution is 0.208. The van der Waals surface area contributed by atoms with E-state index in [4.69, 9.17) is 14.2 Å². The number of piperazine rings is 1. The van der Waals surface area contributed by atoms with Crippen molar-refractivity contribution in [3.05, 3.63) is 24.3 Å². The summed E-state index contributed by atoms with van der Waals surface area (Å²) in [5, 5.41) is 11.9. The minimum atomic E-state index is -0.172. The average Bonchev–Trinajstić information content (AvgIpc) is 2.88. The third-order valence-corrected chi connectivity index (χ3v) is 6.54. The molecule has 0 radical (unpaired) electrons. The van der Waals surface area contributed by atoms with E-state index in [1.165, 1.54) is 19.3 Å². The number of nitrogens with one attached hydrogen (secondary N) is 1. The topological polar surface area (TPSA) is 92.3 Å². The number of benzene rings is 1. The van der Waals surface area contributed by atoms with Crippen LogP contribution in [0.1, 0.15) is 26.2 Å². The van der Waals surface area contributed by atoms with E-state index >= 15 is 0 Å². The number of methoxy groups -OCH3 is 3. The van der Waals surface area contributed by atoms with Crippen molar-refractivity contribution in [2.24, 2.45) is 0 Å². The van der Waals surface area contributed by atoms with Gasteiger partial charge in [-0.25, -0.2) is 4.79 Å². The first-order valence-electron chi connectivity index (χ1n) is 11.7. The third-order valence-electron chi connectivity index (χ3n) is 6.54. The number of carbonyl (C=O) groups excluding carboxylic acids is 1. The number of aromatic nitrogens is 2. The molecule has 1 N–H and O–H groups in total. The monoisotopic (exact) mass is 470 g/mol. The van der Waals surface area contributed by atoms with Crippen LogP contribution in [-0.4, -0.2) is 81.2 Å². The van der Waals surface area contributed by atoms with Gasteiger partial charge >= 0.3 is 6.03 Å². The Morgan fingerprint density at radius 3 is 2.12 bits per heavy atom. The molecule has 2 saturated heterocycles. The van der Waals surface area contributed by atoms with Crippen molar-refractivity contribution < 1.29 is 19.0 Å². The van der Waals surface area contributed by atoms with Gasteiger partial charge in [-0.15, -0.1) is 10.2 Å². The van der Waals surface area contributed by atoms with Gasteiger partial charge < -0.3 is 34.2 Å². The maximum absolute atomic E-state index is 12.9. The normalized spacial score (nSPS) is 18.5. The van der Waals surface area contributed by atoms with Crippen LogP contribution >= 0.6 is 0 Å². The highest BCUT2D eigenvalue weighted by molar-refractivity contribution is 5.90. The van der Waals surface area contributed by atoms with E-state index in [1.54, 1.807) is 38.4 Å². The summed E-state index contributed by atoms with van der Waals surface area (Å²) in [4.78, 5) is 19.2. The van der Waals surface area contributed by atoms with E-state index in [9.17, 15) is 4.79 Å². The van der Waals surface area contributed by atoms with Crippen LogP contribution in [0.5, 0.6) is 17.2 Å². The molecule has 2 aromatic rings. The van der Waals surface area contributed by atoms with Gasteiger partial charge in [0.15, 0.2) is 23.1 Å². The average molecular weight is 471 g/mol. The van der Waals surface area contributed by atoms with E-state index in [0.29, 0.717) is 55.2 Å². The molecule has 0 spiro atoms. The second-order valence-corrected chi connectivity index (χ2v) is 8.61. The summed E-state index contributed by atoms with van der Waals surface area (Å²) in [6.45, 7) is 5.84. The van der Waals surface area contributed by atoms with Gasteiger partial charge in [0.1, 0.15) is 0 Å². The molecule has 2 amide bonds. The first-order valence-corrected chi connectivity index (χ1v) is 11.7. The number of carbonyl (C=O) groups is 1. The molecular formula is C24H34N6O4. The number of anilines is 3. The van der Waals surface area contributed by atoms with Crippen molar-refractivity contribution in [3.8, 4) is 17.2 Å². The quantitative estimate of drug-likeness (QED) is 0.688. The molecule has 2 fully saturated rings. The molecule has 3 heterocycles. The molecule has 10 heteroatoms. The number of nitrogens with zero attached hydrogens (tertiary/aromatic N) is 5. The highest BCUT2D eigenvalue weighted by Gasteiger charge is 2.24. The van der Waals surface area contributed by atoms with Crippen molar-refractivity contribution >= 4 is 23.4 Å². The zero-order chi connectivity index (χ0) is 24.1. The number of ether oxygens (including phenoxy) is 3. The highest BCUT2D eigenvalue weighted by atomic mass is 16.5. The highest BCUT2D eigenvalue weighted by Crippen LogP contribution is 2.40. The Balaban J connectivity index is 1.34. The molecule has 10 nitrogen and oxygen atoms in total. The van der Waals surface area contributed by atoms with Gasteiger partial charge in [-0.1, -0.05) is 0 Å². The van der Waals surface area contributed by atoms with Gasteiger partial charge in [0, 0.05) is 50.9 Å². The Morgan fingerprint density at radius 1 is 0.912 bits per heavy atom. The minimum Gasteiger partial charge on any atom is -0.493 e.